The van der Waals surface area contributed by atoms with E-state index in [0.717, 1.165) is 10.5 Å². The number of carbonyl (C=O) groups is 4. The fourth-order valence-corrected chi connectivity index (χ4v) is 2.09. The first-order valence-electron chi connectivity index (χ1n) is 7.55. The number of nitrogens with one attached hydrogen (secondary N) is 1. The molecule has 0 unspecified atom stereocenters. The Kier molecular flexibility index (Phi) is 7.91. The van der Waals surface area contributed by atoms with Gasteiger partial charge in [-0.1, -0.05) is 30.3 Å². The lowest BCUT2D eigenvalue weighted by atomic mass is 10.1. The molecule has 9 nitrogen and oxygen atoms in total. The maximum Gasteiger partial charge on any atom is 0.326 e. The van der Waals surface area contributed by atoms with Crippen LogP contribution in [0.15, 0.2) is 30.3 Å². The van der Waals surface area contributed by atoms with Crippen molar-refractivity contribution in [3.63, 3.8) is 0 Å². The van der Waals surface area contributed by atoms with Crippen molar-refractivity contribution in [2.75, 3.05) is 13.1 Å². The number of carboxylic acids is 3. The summed E-state index contributed by atoms with van der Waals surface area (Å²) in [4.78, 5) is 45.8. The maximum absolute atomic E-state index is 12.2. The Morgan fingerprint density at radius 3 is 2.16 bits per heavy atom. The van der Waals surface area contributed by atoms with Gasteiger partial charge in [-0.05, 0) is 18.4 Å². The van der Waals surface area contributed by atoms with Gasteiger partial charge >= 0.3 is 23.9 Å². The average Bonchev–Trinajstić information content (AvgIpc) is 2.55. The molecule has 0 aliphatic rings. The van der Waals surface area contributed by atoms with Crippen LogP contribution in [0, 0.1) is 0 Å². The summed E-state index contributed by atoms with van der Waals surface area (Å²) in [5.41, 5.74) is 0.895. The Bertz CT molecular complexity index is 618. The van der Waals surface area contributed by atoms with Gasteiger partial charge in [0.1, 0.15) is 12.6 Å². The third-order valence-corrected chi connectivity index (χ3v) is 3.37. The Labute approximate surface area is 143 Å². The number of carbonyl (C=O) groups excluding carboxylic acids is 1. The summed E-state index contributed by atoms with van der Waals surface area (Å²) in [5.74, 6) is -3.81. The van der Waals surface area contributed by atoms with Crippen LogP contribution < -0.4 is 5.32 Å². The Morgan fingerprint density at radius 1 is 1.00 bits per heavy atom. The van der Waals surface area contributed by atoms with Gasteiger partial charge in [-0.2, -0.15) is 0 Å². The number of aliphatic carboxylic acids is 3. The minimum atomic E-state index is -1.41. The molecule has 0 aliphatic carbocycles. The lowest BCUT2D eigenvalue weighted by Crippen LogP contribution is -2.50. The van der Waals surface area contributed by atoms with Gasteiger partial charge in [-0.15, -0.1) is 0 Å². The Morgan fingerprint density at radius 2 is 1.64 bits per heavy atom. The number of carboxylic acid groups (broad SMARTS) is 3. The second-order valence-electron chi connectivity index (χ2n) is 5.32. The summed E-state index contributed by atoms with van der Waals surface area (Å²) in [6.07, 6.45) is -0.329. The van der Waals surface area contributed by atoms with Crippen molar-refractivity contribution in [2.45, 2.75) is 25.3 Å². The molecule has 1 aromatic rings. The number of hydrogen-bond donors (Lipinski definition) is 4. The second kappa shape index (κ2) is 9.91. The smallest absolute Gasteiger partial charge is 0.326 e. The quantitative estimate of drug-likeness (QED) is 0.483. The van der Waals surface area contributed by atoms with E-state index in [-0.39, 0.29) is 13.0 Å². The number of nitrogens with zero attached hydrogens (tertiary/aromatic N) is 1. The van der Waals surface area contributed by atoms with Crippen LogP contribution in [0.4, 0.5) is 4.79 Å². The van der Waals surface area contributed by atoms with Crippen LogP contribution in [-0.2, 0) is 20.8 Å². The van der Waals surface area contributed by atoms with Crippen molar-refractivity contribution < 1.29 is 34.5 Å². The highest BCUT2D eigenvalue weighted by atomic mass is 16.4. The van der Waals surface area contributed by atoms with Gasteiger partial charge in [0, 0.05) is 13.0 Å². The number of benzene rings is 1. The topological polar surface area (TPSA) is 144 Å². The van der Waals surface area contributed by atoms with E-state index in [1.165, 1.54) is 0 Å². The largest absolute Gasteiger partial charge is 0.481 e. The summed E-state index contributed by atoms with van der Waals surface area (Å²) in [6, 6.07) is 6.82. The highest BCUT2D eigenvalue weighted by molar-refractivity contribution is 5.85. The molecular weight excluding hydrogens is 332 g/mol. The fraction of sp³-hybridized carbons (Fsp3) is 0.375. The van der Waals surface area contributed by atoms with Crippen LogP contribution in [0.1, 0.15) is 18.4 Å². The summed E-state index contributed by atoms with van der Waals surface area (Å²) < 4.78 is 0. The molecule has 25 heavy (non-hydrogen) atoms. The molecule has 0 spiro atoms. The Hall–Kier alpha value is -3.10. The summed E-state index contributed by atoms with van der Waals surface area (Å²) in [7, 11) is 0. The van der Waals surface area contributed by atoms with Gasteiger partial charge in [0.05, 0.1) is 0 Å². The van der Waals surface area contributed by atoms with Crippen molar-refractivity contribution >= 4 is 23.9 Å². The lowest BCUT2D eigenvalue weighted by Gasteiger charge is -2.23. The van der Waals surface area contributed by atoms with Crippen molar-refractivity contribution in [3.05, 3.63) is 35.9 Å². The normalized spacial score (nSPS) is 11.4. The minimum Gasteiger partial charge on any atom is -0.481 e. The number of urea groups is 1. The average molecular weight is 352 g/mol. The van der Waals surface area contributed by atoms with Crippen molar-refractivity contribution in [2.24, 2.45) is 0 Å². The highest BCUT2D eigenvalue weighted by Gasteiger charge is 2.24. The zero-order valence-corrected chi connectivity index (χ0v) is 13.4. The van der Waals surface area contributed by atoms with Crippen LogP contribution >= 0.6 is 0 Å². The van der Waals surface area contributed by atoms with Crippen LogP contribution in [0.5, 0.6) is 0 Å². The predicted octanol–water partition coefficient (Wildman–Crippen LogP) is 0.643. The highest BCUT2D eigenvalue weighted by Crippen LogP contribution is 2.04. The van der Waals surface area contributed by atoms with Crippen LogP contribution in [0.3, 0.4) is 0 Å². The molecule has 0 aliphatic heterocycles. The molecule has 0 aromatic heterocycles. The molecule has 0 heterocycles. The zero-order valence-electron chi connectivity index (χ0n) is 13.4. The minimum absolute atomic E-state index is 0.0768. The monoisotopic (exact) mass is 352 g/mol. The van der Waals surface area contributed by atoms with Crippen LogP contribution in [0.25, 0.3) is 0 Å². The number of rotatable bonds is 10. The number of amides is 2. The first kappa shape index (κ1) is 19.9. The third-order valence-electron chi connectivity index (χ3n) is 3.37. The molecule has 4 N–H and O–H groups in total. The molecule has 1 rings (SSSR count). The van der Waals surface area contributed by atoms with Gasteiger partial charge < -0.3 is 25.5 Å². The first-order chi connectivity index (χ1) is 11.8. The summed E-state index contributed by atoms with van der Waals surface area (Å²) in [5, 5.41) is 28.8. The summed E-state index contributed by atoms with van der Waals surface area (Å²) in [6.45, 7) is -0.517. The van der Waals surface area contributed by atoms with E-state index in [2.05, 4.69) is 5.32 Å². The molecular formula is C16H20N2O7. The lowest BCUT2D eigenvalue weighted by molar-refractivity contribution is -0.140. The second-order valence-corrected chi connectivity index (χ2v) is 5.32. The van der Waals surface area contributed by atoms with Gasteiger partial charge in [0.2, 0.25) is 0 Å². The van der Waals surface area contributed by atoms with E-state index in [1.807, 2.05) is 30.3 Å². The molecule has 0 saturated heterocycles. The molecule has 1 aromatic carbocycles. The van der Waals surface area contributed by atoms with Gasteiger partial charge in [0.25, 0.3) is 0 Å². The molecule has 2 amide bonds. The number of hydrogen-bond acceptors (Lipinski definition) is 4. The molecule has 0 bridgehead atoms. The molecule has 0 saturated carbocycles. The molecule has 0 fully saturated rings. The summed E-state index contributed by atoms with van der Waals surface area (Å²) >= 11 is 0. The molecule has 0 radical (unpaired) electrons. The van der Waals surface area contributed by atoms with Gasteiger partial charge in [-0.3, -0.25) is 9.59 Å². The standard InChI is InChI=1S/C16H20N2O7/c19-13(20)7-6-12(15(23)24)17-16(25)18(10-14(21)22)9-8-11-4-2-1-3-5-11/h1-5,12H,6-10H2,(H,17,25)(H,19,20)(H,21,22)(H,23,24)/t12-/m0/s1. The predicted molar refractivity (Wildman–Crippen MR) is 86.2 cm³/mol. The van der Waals surface area contributed by atoms with Gasteiger partial charge in [-0.25, -0.2) is 9.59 Å². The van der Waals surface area contributed by atoms with E-state index in [9.17, 15) is 19.2 Å². The van der Waals surface area contributed by atoms with Crippen LogP contribution in [0.2, 0.25) is 0 Å². The first-order valence-corrected chi connectivity index (χ1v) is 7.55. The fourth-order valence-electron chi connectivity index (χ4n) is 2.09. The molecule has 1 atom stereocenters. The molecule has 9 heteroatoms. The zero-order chi connectivity index (χ0) is 18.8. The maximum atomic E-state index is 12.2. The van der Waals surface area contributed by atoms with Crippen molar-refractivity contribution in [1.82, 2.24) is 10.2 Å². The van der Waals surface area contributed by atoms with Crippen LogP contribution in [-0.4, -0.2) is 63.3 Å². The van der Waals surface area contributed by atoms with E-state index >= 15 is 0 Å². The Balaban J connectivity index is 2.71. The van der Waals surface area contributed by atoms with E-state index in [1.54, 1.807) is 0 Å². The molecule has 136 valence electrons. The third kappa shape index (κ3) is 7.82. The van der Waals surface area contributed by atoms with E-state index < -0.39 is 42.9 Å². The van der Waals surface area contributed by atoms with Gasteiger partial charge in [0.15, 0.2) is 0 Å². The van der Waals surface area contributed by atoms with E-state index in [0.29, 0.717) is 6.42 Å². The SMILES string of the molecule is O=C(O)CC[C@H](NC(=O)N(CCc1ccccc1)CC(=O)O)C(=O)O. The van der Waals surface area contributed by atoms with E-state index in [4.69, 9.17) is 15.3 Å². The van der Waals surface area contributed by atoms with Crippen molar-refractivity contribution in [1.29, 1.82) is 0 Å². The van der Waals surface area contributed by atoms with Crippen molar-refractivity contribution in [3.8, 4) is 0 Å².